The molecule has 0 saturated heterocycles. The van der Waals surface area contributed by atoms with Crippen molar-refractivity contribution in [3.05, 3.63) is 102 Å². The van der Waals surface area contributed by atoms with Crippen molar-refractivity contribution in [3.63, 3.8) is 0 Å². The number of nitrogens with one attached hydrogen (secondary N) is 2. The van der Waals surface area contributed by atoms with Crippen LogP contribution in [0, 0.1) is 0 Å². The van der Waals surface area contributed by atoms with Gasteiger partial charge in [0.1, 0.15) is 0 Å². The molecular weight excluding hydrogens is 362 g/mol. The van der Waals surface area contributed by atoms with Gasteiger partial charge in [0.05, 0.1) is 24.5 Å². The Balaban J connectivity index is 1.46. The van der Waals surface area contributed by atoms with Crippen LogP contribution in [0.2, 0.25) is 0 Å². The third-order valence-corrected chi connectivity index (χ3v) is 4.44. The highest BCUT2D eigenvalue weighted by atomic mass is 15.3. The van der Waals surface area contributed by atoms with Gasteiger partial charge >= 0.3 is 0 Å². The summed E-state index contributed by atoms with van der Waals surface area (Å²) in [7, 11) is 0. The number of hydrogen-bond acceptors (Lipinski definition) is 6. The smallest absolute Gasteiger partial charge is 0.151 e. The number of pyridine rings is 2. The first kappa shape index (κ1) is 18.9. The Morgan fingerprint density at radius 3 is 1.59 bits per heavy atom. The normalized spacial score (nSPS) is 10.9. The summed E-state index contributed by atoms with van der Waals surface area (Å²) in [4.78, 5) is 8.69. The van der Waals surface area contributed by atoms with Gasteiger partial charge in [-0.3, -0.25) is 14.5 Å². The van der Waals surface area contributed by atoms with E-state index in [-0.39, 0.29) is 0 Å². The molecule has 0 aliphatic carbocycles. The summed E-state index contributed by atoms with van der Waals surface area (Å²) in [6.07, 6.45) is 3.60. The molecule has 0 atom stereocenters. The summed E-state index contributed by atoms with van der Waals surface area (Å²) >= 11 is 0. The molecule has 3 heterocycles. The molecular formula is C22H23N7. The van der Waals surface area contributed by atoms with Crippen LogP contribution in [-0.4, -0.2) is 24.7 Å². The van der Waals surface area contributed by atoms with Crippen molar-refractivity contribution in [2.75, 3.05) is 0 Å². The number of para-hydroxylation sites is 1. The Morgan fingerprint density at radius 2 is 1.10 bits per heavy atom. The Morgan fingerprint density at radius 1 is 0.586 bits per heavy atom. The predicted octanol–water partition coefficient (Wildman–Crippen LogP) is 2.64. The molecule has 1 aromatic carbocycles. The first-order valence-corrected chi connectivity index (χ1v) is 9.60. The second kappa shape index (κ2) is 9.68. The van der Waals surface area contributed by atoms with Gasteiger partial charge in [0.2, 0.25) is 0 Å². The molecule has 0 aliphatic rings. The van der Waals surface area contributed by atoms with E-state index in [4.69, 9.17) is 0 Å². The lowest BCUT2D eigenvalue weighted by Gasteiger charge is -2.11. The number of benzene rings is 1. The van der Waals surface area contributed by atoms with Crippen LogP contribution in [0.5, 0.6) is 0 Å². The first-order chi connectivity index (χ1) is 14.4. The van der Waals surface area contributed by atoms with Crippen LogP contribution in [-0.2, 0) is 26.2 Å². The van der Waals surface area contributed by atoms with E-state index in [0.717, 1.165) is 28.7 Å². The standard InChI is InChI=1S/C22H23N7/c1-2-10-20(11-3-1)29-21(16-23-14-18-8-4-6-12-25-18)27-28-22(29)17-24-15-19-9-5-7-13-26-19/h1-13,23-24H,14-17H2. The van der Waals surface area contributed by atoms with E-state index in [2.05, 4.69) is 47.5 Å². The van der Waals surface area contributed by atoms with Crippen LogP contribution in [0.15, 0.2) is 79.1 Å². The number of rotatable bonds is 9. The summed E-state index contributed by atoms with van der Waals surface area (Å²) in [5.74, 6) is 1.73. The maximum Gasteiger partial charge on any atom is 0.151 e. The molecule has 7 heteroatoms. The second-order valence-electron chi connectivity index (χ2n) is 6.55. The predicted molar refractivity (Wildman–Crippen MR) is 111 cm³/mol. The van der Waals surface area contributed by atoms with Crippen molar-refractivity contribution in [1.29, 1.82) is 0 Å². The van der Waals surface area contributed by atoms with Gasteiger partial charge in [0.15, 0.2) is 11.6 Å². The Hall–Kier alpha value is -3.42. The number of hydrogen-bond donors (Lipinski definition) is 2. The van der Waals surface area contributed by atoms with Crippen molar-refractivity contribution in [1.82, 2.24) is 35.4 Å². The average Bonchev–Trinajstić information content (AvgIpc) is 3.18. The number of nitrogens with zero attached hydrogens (tertiary/aromatic N) is 5. The topological polar surface area (TPSA) is 80.5 Å². The fourth-order valence-electron chi connectivity index (χ4n) is 3.07. The van der Waals surface area contributed by atoms with Crippen LogP contribution in [0.25, 0.3) is 5.69 Å². The van der Waals surface area contributed by atoms with Crippen molar-refractivity contribution < 1.29 is 0 Å². The second-order valence-corrected chi connectivity index (χ2v) is 6.55. The van der Waals surface area contributed by atoms with E-state index in [1.165, 1.54) is 0 Å². The first-order valence-electron chi connectivity index (χ1n) is 9.60. The van der Waals surface area contributed by atoms with Crippen LogP contribution < -0.4 is 10.6 Å². The van der Waals surface area contributed by atoms with Crippen molar-refractivity contribution in [3.8, 4) is 5.69 Å². The van der Waals surface area contributed by atoms with E-state index in [0.29, 0.717) is 26.2 Å². The van der Waals surface area contributed by atoms with E-state index < -0.39 is 0 Å². The Bertz CT molecular complexity index is 938. The van der Waals surface area contributed by atoms with Crippen molar-refractivity contribution in [2.45, 2.75) is 26.2 Å². The van der Waals surface area contributed by atoms with Crippen molar-refractivity contribution >= 4 is 0 Å². The van der Waals surface area contributed by atoms with Crippen molar-refractivity contribution in [2.24, 2.45) is 0 Å². The molecule has 146 valence electrons. The third kappa shape index (κ3) is 5.10. The van der Waals surface area contributed by atoms with E-state index >= 15 is 0 Å². The maximum absolute atomic E-state index is 4.42. The summed E-state index contributed by atoms with van der Waals surface area (Å²) in [6.45, 7) is 2.54. The molecule has 0 aliphatic heterocycles. The van der Waals surface area contributed by atoms with Gasteiger partial charge in [-0.15, -0.1) is 10.2 Å². The van der Waals surface area contributed by atoms with Gasteiger partial charge in [-0.25, -0.2) is 0 Å². The molecule has 0 spiro atoms. The molecule has 29 heavy (non-hydrogen) atoms. The molecule has 7 nitrogen and oxygen atoms in total. The minimum absolute atomic E-state index is 0.596. The van der Waals surface area contributed by atoms with Gasteiger partial charge < -0.3 is 10.6 Å². The average molecular weight is 385 g/mol. The molecule has 0 bridgehead atoms. The molecule has 0 radical (unpaired) electrons. The maximum atomic E-state index is 4.42. The van der Waals surface area contributed by atoms with Crippen LogP contribution in [0.1, 0.15) is 23.0 Å². The van der Waals surface area contributed by atoms with Crippen LogP contribution >= 0.6 is 0 Å². The molecule has 0 fully saturated rings. The number of aromatic nitrogens is 5. The van der Waals surface area contributed by atoms with Gasteiger partial charge in [-0.1, -0.05) is 30.3 Å². The minimum Gasteiger partial charge on any atom is -0.304 e. The molecule has 2 N–H and O–H groups in total. The fourth-order valence-corrected chi connectivity index (χ4v) is 3.07. The largest absolute Gasteiger partial charge is 0.304 e. The molecule has 0 saturated carbocycles. The van der Waals surface area contributed by atoms with E-state index in [1.807, 2.05) is 54.6 Å². The zero-order valence-electron chi connectivity index (χ0n) is 16.1. The van der Waals surface area contributed by atoms with E-state index in [1.54, 1.807) is 12.4 Å². The van der Waals surface area contributed by atoms with Gasteiger partial charge in [-0.2, -0.15) is 0 Å². The molecule has 0 unspecified atom stereocenters. The highest BCUT2D eigenvalue weighted by Gasteiger charge is 2.13. The molecule has 4 rings (SSSR count). The molecule has 3 aromatic heterocycles. The lowest BCUT2D eigenvalue weighted by molar-refractivity contribution is 0.623. The monoisotopic (exact) mass is 385 g/mol. The Kier molecular flexibility index (Phi) is 6.31. The third-order valence-electron chi connectivity index (χ3n) is 4.44. The zero-order chi connectivity index (χ0) is 19.7. The summed E-state index contributed by atoms with van der Waals surface area (Å²) in [5, 5.41) is 15.7. The quantitative estimate of drug-likeness (QED) is 0.461. The van der Waals surface area contributed by atoms with Gasteiger partial charge in [0.25, 0.3) is 0 Å². The SMILES string of the molecule is c1ccc(-n2c(CNCc3ccccn3)nnc2CNCc2ccccn2)cc1. The molecule has 0 amide bonds. The van der Waals surface area contributed by atoms with Crippen LogP contribution in [0.4, 0.5) is 0 Å². The zero-order valence-corrected chi connectivity index (χ0v) is 16.1. The van der Waals surface area contributed by atoms with Gasteiger partial charge in [-0.05, 0) is 36.4 Å². The van der Waals surface area contributed by atoms with Gasteiger partial charge in [0, 0.05) is 31.2 Å². The highest BCUT2D eigenvalue weighted by molar-refractivity contribution is 5.34. The van der Waals surface area contributed by atoms with Crippen LogP contribution in [0.3, 0.4) is 0 Å². The minimum atomic E-state index is 0.596. The molecule has 4 aromatic rings. The summed E-state index contributed by atoms with van der Waals surface area (Å²) in [5.41, 5.74) is 3.04. The fraction of sp³-hybridized carbons (Fsp3) is 0.182. The summed E-state index contributed by atoms with van der Waals surface area (Å²) < 4.78 is 2.09. The highest BCUT2D eigenvalue weighted by Crippen LogP contribution is 2.13. The lowest BCUT2D eigenvalue weighted by atomic mass is 10.3. The van der Waals surface area contributed by atoms with E-state index in [9.17, 15) is 0 Å². The summed E-state index contributed by atoms with van der Waals surface area (Å²) in [6, 6.07) is 22.0. The Labute approximate surface area is 169 Å². The lowest BCUT2D eigenvalue weighted by Crippen LogP contribution is -2.20.